The van der Waals surface area contributed by atoms with Gasteiger partial charge in [0.2, 0.25) is 0 Å². The maximum absolute atomic E-state index is 14.0. The Bertz CT molecular complexity index is 1570. The van der Waals surface area contributed by atoms with Gasteiger partial charge in [0.1, 0.15) is 23.2 Å². The van der Waals surface area contributed by atoms with Gasteiger partial charge in [0.05, 0.1) is 11.3 Å². The van der Waals surface area contributed by atoms with Crippen LogP contribution in [0.2, 0.25) is 0 Å². The van der Waals surface area contributed by atoms with Crippen molar-refractivity contribution >= 4 is 34.3 Å². The molecule has 10 heteroatoms. The Balaban J connectivity index is 2.04. The number of halogens is 1. The third-order valence-electron chi connectivity index (χ3n) is 5.39. The third kappa shape index (κ3) is 4.40. The van der Waals surface area contributed by atoms with Crippen LogP contribution in [0, 0.1) is 11.2 Å². The number of amidine groups is 1. The van der Waals surface area contributed by atoms with Gasteiger partial charge < -0.3 is 31.1 Å². The molecule has 0 unspecified atom stereocenters. The zero-order valence-corrected chi connectivity index (χ0v) is 17.8. The predicted octanol–water partition coefficient (Wildman–Crippen LogP) is 3.89. The summed E-state index contributed by atoms with van der Waals surface area (Å²) in [5.74, 6) is -4.70. The first-order chi connectivity index (χ1) is 16.5. The Morgan fingerprint density at radius 2 is 1.63 bits per heavy atom. The van der Waals surface area contributed by atoms with E-state index in [9.17, 15) is 29.3 Å². The highest BCUT2D eigenvalue weighted by atomic mass is 19.1. The van der Waals surface area contributed by atoms with Crippen LogP contribution < -0.4 is 5.73 Å². The second-order valence-electron chi connectivity index (χ2n) is 7.68. The molecule has 0 spiro atoms. The highest BCUT2D eigenvalue weighted by Gasteiger charge is 2.22. The number of phenolic OH excluding ortho intramolecular Hbond substituents is 2. The van der Waals surface area contributed by atoms with Gasteiger partial charge in [0.15, 0.2) is 0 Å². The monoisotopic (exact) mass is 475 g/mol. The maximum atomic E-state index is 14.0. The van der Waals surface area contributed by atoms with Gasteiger partial charge in [-0.1, -0.05) is 0 Å². The first kappa shape index (κ1) is 23.1. The lowest BCUT2D eigenvalue weighted by Gasteiger charge is -2.14. The molecule has 35 heavy (non-hydrogen) atoms. The van der Waals surface area contributed by atoms with Gasteiger partial charge >= 0.3 is 11.9 Å². The molecule has 1 aromatic heterocycles. The van der Waals surface area contributed by atoms with E-state index in [1.54, 1.807) is 24.3 Å². The number of carbonyl (C=O) groups is 2. The van der Waals surface area contributed by atoms with Crippen molar-refractivity contribution in [1.29, 1.82) is 5.41 Å². The molecule has 4 aromatic rings. The van der Waals surface area contributed by atoms with Crippen LogP contribution in [0.4, 0.5) is 4.39 Å². The number of hydrogen-bond acceptors (Lipinski definition) is 5. The molecule has 0 radical (unpaired) electrons. The first-order valence-electron chi connectivity index (χ1n) is 10.1. The van der Waals surface area contributed by atoms with E-state index in [0.29, 0.717) is 28.2 Å². The highest BCUT2D eigenvalue weighted by molar-refractivity contribution is 6.20. The van der Waals surface area contributed by atoms with E-state index in [0.717, 1.165) is 24.3 Å². The summed E-state index contributed by atoms with van der Waals surface area (Å²) in [7, 11) is 0. The van der Waals surface area contributed by atoms with Gasteiger partial charge in [-0.25, -0.2) is 14.0 Å². The summed E-state index contributed by atoms with van der Waals surface area (Å²) in [4.78, 5) is 26.2. The average molecular weight is 475 g/mol. The number of H-pyrrole nitrogens is 1. The summed E-state index contributed by atoms with van der Waals surface area (Å²) in [6, 6.07) is 12.0. The van der Waals surface area contributed by atoms with Crippen LogP contribution in [0.15, 0.2) is 60.7 Å². The number of fused-ring (bicyclic) bond motifs is 1. The number of aromatic hydroxyl groups is 2. The molecule has 9 nitrogen and oxygen atoms in total. The molecule has 8 N–H and O–H groups in total. The second kappa shape index (κ2) is 8.67. The Hall–Kier alpha value is -5.12. The number of aromatic nitrogens is 1. The van der Waals surface area contributed by atoms with Crippen LogP contribution in [0.1, 0.15) is 11.1 Å². The molecule has 0 atom stereocenters. The zero-order valence-electron chi connectivity index (χ0n) is 17.8. The third-order valence-corrected chi connectivity index (χ3v) is 5.39. The molecule has 176 valence electrons. The van der Waals surface area contributed by atoms with Gasteiger partial charge in [0.25, 0.3) is 0 Å². The number of aromatic amines is 1. The van der Waals surface area contributed by atoms with Crippen LogP contribution in [0.3, 0.4) is 0 Å². The lowest BCUT2D eigenvalue weighted by atomic mass is 9.93. The number of rotatable bonds is 6. The fourth-order valence-corrected chi connectivity index (χ4v) is 3.76. The van der Waals surface area contributed by atoms with Gasteiger partial charge in [0, 0.05) is 39.2 Å². The topological polar surface area (TPSA) is 181 Å². The fourth-order valence-electron chi connectivity index (χ4n) is 3.76. The van der Waals surface area contributed by atoms with Crippen molar-refractivity contribution in [2.75, 3.05) is 0 Å². The summed E-state index contributed by atoms with van der Waals surface area (Å²) in [5.41, 5.74) is 6.08. The summed E-state index contributed by atoms with van der Waals surface area (Å²) in [6.45, 7) is 0. The SMILES string of the molecule is N=C(N)c1ccc2[nH]c(-c3cc(/C(=C\C(=O)O)C(=O)O)cc(-c4cc(F)ccc4O)c3O)cc2c1. The lowest BCUT2D eigenvalue weighted by Crippen LogP contribution is -2.10. The van der Waals surface area contributed by atoms with Gasteiger partial charge in [-0.05, 0) is 60.2 Å². The van der Waals surface area contributed by atoms with Crippen molar-refractivity contribution in [3.63, 3.8) is 0 Å². The van der Waals surface area contributed by atoms with Crippen LogP contribution in [0.5, 0.6) is 11.5 Å². The normalized spacial score (nSPS) is 11.5. The van der Waals surface area contributed by atoms with E-state index in [4.69, 9.17) is 16.2 Å². The quantitative estimate of drug-likeness (QED) is 0.125. The van der Waals surface area contributed by atoms with Gasteiger partial charge in [-0.3, -0.25) is 5.41 Å². The largest absolute Gasteiger partial charge is 0.507 e. The molecular weight excluding hydrogens is 457 g/mol. The fraction of sp³-hybridized carbons (Fsp3) is 0. The molecule has 0 aliphatic carbocycles. The molecule has 1 heterocycles. The van der Waals surface area contributed by atoms with Crippen molar-refractivity contribution in [1.82, 2.24) is 4.98 Å². The number of phenols is 2. The predicted molar refractivity (Wildman–Crippen MR) is 127 cm³/mol. The lowest BCUT2D eigenvalue weighted by molar-refractivity contribution is -0.133. The first-order valence-corrected chi connectivity index (χ1v) is 10.1. The van der Waals surface area contributed by atoms with E-state index in [2.05, 4.69) is 4.98 Å². The Kier molecular flexibility index (Phi) is 5.71. The van der Waals surface area contributed by atoms with Crippen LogP contribution in [-0.2, 0) is 9.59 Å². The molecule has 3 aromatic carbocycles. The molecular formula is C25H18FN3O6. The number of carboxylic acid groups (broad SMARTS) is 2. The van der Waals surface area contributed by atoms with Crippen LogP contribution >= 0.6 is 0 Å². The molecule has 0 fully saturated rings. The Morgan fingerprint density at radius 3 is 2.29 bits per heavy atom. The van der Waals surface area contributed by atoms with E-state index < -0.39 is 29.1 Å². The highest BCUT2D eigenvalue weighted by Crippen LogP contribution is 2.44. The molecule has 0 bridgehead atoms. The zero-order chi connectivity index (χ0) is 25.4. The molecule has 4 rings (SSSR count). The maximum Gasteiger partial charge on any atom is 0.336 e. The molecule has 0 amide bonds. The number of aliphatic carboxylic acids is 2. The number of nitrogens with one attached hydrogen (secondary N) is 2. The minimum atomic E-state index is -1.54. The van der Waals surface area contributed by atoms with Gasteiger partial charge in [-0.2, -0.15) is 0 Å². The minimum absolute atomic E-state index is 0.0688. The molecule has 0 aliphatic rings. The minimum Gasteiger partial charge on any atom is -0.507 e. The Labute approximate surface area is 196 Å². The van der Waals surface area contributed by atoms with Crippen molar-refractivity contribution in [2.24, 2.45) is 5.73 Å². The number of nitrogen functional groups attached to an aromatic ring is 1. The summed E-state index contributed by atoms with van der Waals surface area (Å²) >= 11 is 0. The van der Waals surface area contributed by atoms with Crippen molar-refractivity contribution in [2.45, 2.75) is 0 Å². The summed E-state index contributed by atoms with van der Waals surface area (Å²) < 4.78 is 14.0. The number of hydrogen-bond donors (Lipinski definition) is 7. The molecule has 0 aliphatic heterocycles. The van der Waals surface area contributed by atoms with E-state index in [-0.39, 0.29) is 33.8 Å². The Morgan fingerprint density at radius 1 is 0.914 bits per heavy atom. The number of nitrogens with two attached hydrogens (primary N) is 1. The van der Waals surface area contributed by atoms with E-state index in [1.165, 1.54) is 6.07 Å². The van der Waals surface area contributed by atoms with Crippen molar-refractivity contribution < 1.29 is 34.4 Å². The summed E-state index contributed by atoms with van der Waals surface area (Å²) in [5, 5.41) is 48.4. The average Bonchev–Trinajstić information content (AvgIpc) is 3.22. The van der Waals surface area contributed by atoms with Crippen LogP contribution in [0.25, 0.3) is 38.9 Å². The van der Waals surface area contributed by atoms with Crippen LogP contribution in [-0.4, -0.2) is 43.2 Å². The van der Waals surface area contributed by atoms with Gasteiger partial charge in [-0.15, -0.1) is 0 Å². The molecule has 0 saturated carbocycles. The second-order valence-corrected chi connectivity index (χ2v) is 7.68. The van der Waals surface area contributed by atoms with E-state index in [1.807, 2.05) is 0 Å². The van der Waals surface area contributed by atoms with Crippen molar-refractivity contribution in [3.05, 3.63) is 77.6 Å². The summed E-state index contributed by atoms with van der Waals surface area (Å²) in [6.07, 6.45) is 0.498. The van der Waals surface area contributed by atoms with Crippen molar-refractivity contribution in [3.8, 4) is 33.9 Å². The number of benzene rings is 3. The number of carboxylic acids is 2. The van der Waals surface area contributed by atoms with E-state index >= 15 is 0 Å². The molecule has 0 saturated heterocycles. The smallest absolute Gasteiger partial charge is 0.336 e. The standard InChI is InChI=1S/C25H18FN3O6/c26-14-2-4-21(30)16(9-14)17-6-12(15(25(34)35)10-22(31)32)7-18(23(17)33)20-8-13-5-11(24(27)28)1-3-19(13)29-20/h1-10,29-30,33H,(H3,27,28)(H,31,32)(H,34,35)/b15-10+.